The number of hydrogen-bond donors (Lipinski definition) is 2. The number of carbonyl (C=O) groups excluding carboxylic acids is 1. The molecule has 1 aromatic heterocycles. The van der Waals surface area contributed by atoms with Crippen LogP contribution in [0.25, 0.3) is 0 Å². The average molecular weight is 293 g/mol. The summed E-state index contributed by atoms with van der Waals surface area (Å²) in [4.78, 5) is 12.0. The van der Waals surface area contributed by atoms with Gasteiger partial charge in [-0.2, -0.15) is 10.4 Å². The molecule has 0 saturated carbocycles. The van der Waals surface area contributed by atoms with E-state index in [1.54, 1.807) is 30.5 Å². The second-order valence-electron chi connectivity index (χ2n) is 3.56. The van der Waals surface area contributed by atoms with Crippen molar-refractivity contribution in [3.05, 3.63) is 40.4 Å². The minimum atomic E-state index is -0.352. The molecule has 7 heteroatoms. The van der Waals surface area contributed by atoms with E-state index in [4.69, 9.17) is 16.9 Å². The number of nitrogens with zero attached hydrogens (tertiary/aromatic N) is 2. The molecule has 0 fully saturated rings. The highest BCUT2D eigenvalue weighted by atomic mass is 35.5. The number of anilines is 1. The zero-order valence-corrected chi connectivity index (χ0v) is 11.5. The summed E-state index contributed by atoms with van der Waals surface area (Å²) in [6, 6.07) is 8.56. The highest BCUT2D eigenvalue weighted by Crippen LogP contribution is 2.23. The molecule has 0 saturated heterocycles. The van der Waals surface area contributed by atoms with Crippen LogP contribution in [0.1, 0.15) is 15.9 Å². The molecule has 19 heavy (non-hydrogen) atoms. The summed E-state index contributed by atoms with van der Waals surface area (Å²) >= 11 is 7.15. The second kappa shape index (κ2) is 5.78. The summed E-state index contributed by atoms with van der Waals surface area (Å²) in [6.07, 6.45) is 1.81. The Bertz CT molecular complexity index is 662. The number of nitrogens with one attached hydrogen (secondary N) is 2. The summed E-state index contributed by atoms with van der Waals surface area (Å²) in [5.74, 6) is -0.0628. The predicted molar refractivity (Wildman–Crippen MR) is 74.5 cm³/mol. The van der Waals surface area contributed by atoms with Crippen LogP contribution < -0.4 is 5.32 Å². The van der Waals surface area contributed by atoms with Crippen LogP contribution in [0.3, 0.4) is 0 Å². The molecule has 1 heterocycles. The first kappa shape index (κ1) is 13.5. The topological polar surface area (TPSA) is 81.6 Å². The maximum absolute atomic E-state index is 12.0. The molecule has 0 atom stereocenters. The number of benzene rings is 1. The Balaban J connectivity index is 2.25. The minimum absolute atomic E-state index is 0.289. The van der Waals surface area contributed by atoms with Crippen molar-refractivity contribution in [3.8, 4) is 6.07 Å². The van der Waals surface area contributed by atoms with E-state index in [9.17, 15) is 4.79 Å². The lowest BCUT2D eigenvalue weighted by atomic mass is 10.2. The van der Waals surface area contributed by atoms with E-state index in [2.05, 4.69) is 15.5 Å². The highest BCUT2D eigenvalue weighted by Gasteiger charge is 2.15. The van der Waals surface area contributed by atoms with Crippen molar-refractivity contribution >= 4 is 35.1 Å². The van der Waals surface area contributed by atoms with Crippen molar-refractivity contribution in [2.24, 2.45) is 0 Å². The van der Waals surface area contributed by atoms with Gasteiger partial charge in [-0.25, -0.2) is 0 Å². The SMILES string of the molecule is CSc1n[nH]c(NC(=O)c2cccc(Cl)c2)c1C#N. The molecular formula is C12H9ClN4OS. The third-order valence-corrected chi connectivity index (χ3v) is 3.28. The van der Waals surface area contributed by atoms with Crippen LogP contribution in [0.5, 0.6) is 0 Å². The largest absolute Gasteiger partial charge is 0.306 e. The number of nitriles is 1. The molecule has 5 nitrogen and oxygen atoms in total. The van der Waals surface area contributed by atoms with E-state index < -0.39 is 0 Å². The van der Waals surface area contributed by atoms with E-state index in [-0.39, 0.29) is 11.7 Å². The minimum Gasteiger partial charge on any atom is -0.306 e. The quantitative estimate of drug-likeness (QED) is 0.852. The maximum atomic E-state index is 12.0. The van der Waals surface area contributed by atoms with Crippen molar-refractivity contribution in [2.75, 3.05) is 11.6 Å². The molecular weight excluding hydrogens is 284 g/mol. The maximum Gasteiger partial charge on any atom is 0.256 e. The Labute approximate surface area is 119 Å². The number of thioether (sulfide) groups is 1. The third kappa shape index (κ3) is 2.89. The van der Waals surface area contributed by atoms with Gasteiger partial charge in [0.05, 0.1) is 0 Å². The number of carbonyl (C=O) groups is 1. The molecule has 0 spiro atoms. The fourth-order valence-corrected chi connectivity index (χ4v) is 2.16. The van der Waals surface area contributed by atoms with Gasteiger partial charge >= 0.3 is 0 Å². The number of aromatic nitrogens is 2. The van der Waals surface area contributed by atoms with Crippen LogP contribution in [0.2, 0.25) is 5.02 Å². The first-order chi connectivity index (χ1) is 9.15. The van der Waals surface area contributed by atoms with Crippen molar-refractivity contribution in [3.63, 3.8) is 0 Å². The van der Waals surface area contributed by atoms with Crippen LogP contribution in [0.15, 0.2) is 29.3 Å². The molecule has 2 rings (SSSR count). The molecule has 2 aromatic rings. The molecule has 0 aliphatic rings. The van der Waals surface area contributed by atoms with E-state index in [0.717, 1.165) is 0 Å². The van der Waals surface area contributed by atoms with Gasteiger partial charge in [0.15, 0.2) is 0 Å². The summed E-state index contributed by atoms with van der Waals surface area (Å²) in [7, 11) is 0. The molecule has 0 bridgehead atoms. The lowest BCUT2D eigenvalue weighted by Crippen LogP contribution is -2.12. The molecule has 0 radical (unpaired) electrons. The van der Waals surface area contributed by atoms with E-state index in [1.165, 1.54) is 11.8 Å². The molecule has 96 valence electrons. The zero-order valence-electron chi connectivity index (χ0n) is 9.90. The average Bonchev–Trinajstić information content (AvgIpc) is 2.80. The van der Waals surface area contributed by atoms with Crippen LogP contribution in [-0.2, 0) is 0 Å². The first-order valence-electron chi connectivity index (χ1n) is 5.25. The van der Waals surface area contributed by atoms with Crippen LogP contribution in [0.4, 0.5) is 5.82 Å². The smallest absolute Gasteiger partial charge is 0.256 e. The van der Waals surface area contributed by atoms with Gasteiger partial charge in [0.1, 0.15) is 22.5 Å². The lowest BCUT2D eigenvalue weighted by Gasteiger charge is -2.03. The first-order valence-corrected chi connectivity index (χ1v) is 6.85. The summed E-state index contributed by atoms with van der Waals surface area (Å²) in [5, 5.41) is 19.3. The lowest BCUT2D eigenvalue weighted by molar-refractivity contribution is 0.102. The van der Waals surface area contributed by atoms with Crippen molar-refractivity contribution in [1.82, 2.24) is 10.2 Å². The fraction of sp³-hybridized carbons (Fsp3) is 0.0833. The van der Waals surface area contributed by atoms with Gasteiger partial charge < -0.3 is 5.32 Å². The number of aromatic amines is 1. The number of hydrogen-bond acceptors (Lipinski definition) is 4. The molecule has 0 aliphatic heterocycles. The third-order valence-electron chi connectivity index (χ3n) is 2.36. The Morgan fingerprint density at radius 2 is 2.37 bits per heavy atom. The monoisotopic (exact) mass is 292 g/mol. The number of rotatable bonds is 3. The van der Waals surface area contributed by atoms with Crippen molar-refractivity contribution < 1.29 is 4.79 Å². The van der Waals surface area contributed by atoms with Gasteiger partial charge in [-0.3, -0.25) is 9.89 Å². The van der Waals surface area contributed by atoms with Crippen molar-refractivity contribution in [2.45, 2.75) is 5.03 Å². The Kier molecular flexibility index (Phi) is 4.10. The summed E-state index contributed by atoms with van der Waals surface area (Å²) in [6.45, 7) is 0. The normalized spacial score (nSPS) is 9.95. The van der Waals surface area contributed by atoms with E-state index in [1.807, 2.05) is 6.07 Å². The number of halogens is 1. The van der Waals surface area contributed by atoms with Gasteiger partial charge in [0.2, 0.25) is 0 Å². The molecule has 0 unspecified atom stereocenters. The highest BCUT2D eigenvalue weighted by molar-refractivity contribution is 7.98. The van der Waals surface area contributed by atoms with Gasteiger partial charge in [-0.05, 0) is 24.5 Å². The number of amides is 1. The van der Waals surface area contributed by atoms with E-state index in [0.29, 0.717) is 21.2 Å². The van der Waals surface area contributed by atoms with E-state index >= 15 is 0 Å². The van der Waals surface area contributed by atoms with Gasteiger partial charge in [0, 0.05) is 10.6 Å². The summed E-state index contributed by atoms with van der Waals surface area (Å²) in [5.41, 5.74) is 0.736. The summed E-state index contributed by atoms with van der Waals surface area (Å²) < 4.78 is 0. The van der Waals surface area contributed by atoms with Crippen LogP contribution >= 0.6 is 23.4 Å². The number of H-pyrrole nitrogens is 1. The molecule has 1 amide bonds. The predicted octanol–water partition coefficient (Wildman–Crippen LogP) is 2.91. The second-order valence-corrected chi connectivity index (χ2v) is 4.79. The van der Waals surface area contributed by atoms with Gasteiger partial charge in [-0.15, -0.1) is 11.8 Å². The zero-order chi connectivity index (χ0) is 13.8. The Morgan fingerprint density at radius 3 is 3.00 bits per heavy atom. The Morgan fingerprint density at radius 1 is 1.58 bits per heavy atom. The molecule has 1 aromatic carbocycles. The fourth-order valence-electron chi connectivity index (χ4n) is 1.48. The van der Waals surface area contributed by atoms with Gasteiger partial charge in [-0.1, -0.05) is 17.7 Å². The van der Waals surface area contributed by atoms with Crippen LogP contribution in [0, 0.1) is 11.3 Å². The standard InChI is InChI=1S/C12H9ClN4OS/c1-19-12-9(6-14)10(16-17-12)15-11(18)7-3-2-4-8(13)5-7/h2-5H,1H3,(H2,15,16,17,18). The molecule has 0 aliphatic carbocycles. The van der Waals surface area contributed by atoms with Crippen LogP contribution in [-0.4, -0.2) is 22.4 Å². The van der Waals surface area contributed by atoms with Crippen molar-refractivity contribution in [1.29, 1.82) is 5.26 Å². The molecule has 2 N–H and O–H groups in total. The van der Waals surface area contributed by atoms with Gasteiger partial charge in [0.25, 0.3) is 5.91 Å². The Hall–Kier alpha value is -1.97.